The van der Waals surface area contributed by atoms with Gasteiger partial charge in [-0.1, -0.05) is 42.0 Å². The number of methoxy groups -OCH3 is 1. The van der Waals surface area contributed by atoms with Crippen molar-refractivity contribution in [3.05, 3.63) is 64.7 Å². The monoisotopic (exact) mass is 310 g/mol. The summed E-state index contributed by atoms with van der Waals surface area (Å²) in [6, 6.07) is 15.8. The van der Waals surface area contributed by atoms with Gasteiger partial charge in [0.15, 0.2) is 0 Å². The third-order valence-corrected chi connectivity index (χ3v) is 5.25. The van der Waals surface area contributed by atoms with E-state index in [0.717, 1.165) is 5.75 Å². The van der Waals surface area contributed by atoms with Crippen molar-refractivity contribution >= 4 is 0 Å². The molecule has 0 radical (unpaired) electrons. The predicted molar refractivity (Wildman–Crippen MR) is 95.0 cm³/mol. The number of hydrogen-bond donors (Lipinski definition) is 1. The zero-order valence-electron chi connectivity index (χ0n) is 14.4. The SMILES string of the molecule is COc1ccc(C)cc1C1c2ccccc2C(CN)N(C)C1C. The van der Waals surface area contributed by atoms with Crippen LogP contribution in [0.3, 0.4) is 0 Å². The molecule has 1 aliphatic heterocycles. The average Bonchev–Trinajstić information content (AvgIpc) is 2.56. The third-order valence-electron chi connectivity index (χ3n) is 5.25. The topological polar surface area (TPSA) is 38.5 Å². The Morgan fingerprint density at radius 1 is 1.09 bits per heavy atom. The van der Waals surface area contributed by atoms with Crippen LogP contribution in [0, 0.1) is 6.92 Å². The summed E-state index contributed by atoms with van der Waals surface area (Å²) < 4.78 is 5.66. The Hall–Kier alpha value is -1.84. The first-order valence-corrected chi connectivity index (χ1v) is 8.23. The van der Waals surface area contributed by atoms with Gasteiger partial charge in [-0.3, -0.25) is 4.90 Å². The summed E-state index contributed by atoms with van der Waals surface area (Å²) in [7, 11) is 3.92. The van der Waals surface area contributed by atoms with Crippen molar-refractivity contribution in [1.82, 2.24) is 4.90 Å². The molecule has 2 aromatic carbocycles. The number of likely N-dealkylation sites (N-methyl/N-ethyl adjacent to an activating group) is 1. The molecule has 1 aliphatic rings. The van der Waals surface area contributed by atoms with Crippen LogP contribution in [0.1, 0.15) is 41.1 Å². The molecule has 2 N–H and O–H groups in total. The van der Waals surface area contributed by atoms with E-state index in [1.54, 1.807) is 7.11 Å². The Balaban J connectivity index is 2.21. The van der Waals surface area contributed by atoms with Gasteiger partial charge in [0, 0.05) is 30.1 Å². The quantitative estimate of drug-likeness (QED) is 0.943. The molecule has 0 aromatic heterocycles. The summed E-state index contributed by atoms with van der Waals surface area (Å²) >= 11 is 0. The van der Waals surface area contributed by atoms with Gasteiger partial charge in [-0.25, -0.2) is 0 Å². The highest BCUT2D eigenvalue weighted by Gasteiger charge is 2.37. The van der Waals surface area contributed by atoms with E-state index in [1.165, 1.54) is 22.3 Å². The maximum absolute atomic E-state index is 6.07. The first-order chi connectivity index (χ1) is 11.1. The van der Waals surface area contributed by atoms with Crippen LogP contribution in [0.2, 0.25) is 0 Å². The third kappa shape index (κ3) is 2.64. The first-order valence-electron chi connectivity index (χ1n) is 8.23. The summed E-state index contributed by atoms with van der Waals surface area (Å²) in [6.07, 6.45) is 0. The van der Waals surface area contributed by atoms with Crippen LogP contribution in [0.5, 0.6) is 5.75 Å². The molecular formula is C20H26N2O. The molecule has 122 valence electrons. The lowest BCUT2D eigenvalue weighted by Gasteiger charge is -2.44. The molecule has 2 aromatic rings. The van der Waals surface area contributed by atoms with Gasteiger partial charge in [0.05, 0.1) is 7.11 Å². The molecule has 3 unspecified atom stereocenters. The van der Waals surface area contributed by atoms with E-state index in [1.807, 2.05) is 0 Å². The Morgan fingerprint density at radius 2 is 1.78 bits per heavy atom. The minimum absolute atomic E-state index is 0.272. The molecule has 1 heterocycles. The fourth-order valence-electron chi connectivity index (χ4n) is 3.91. The number of benzene rings is 2. The zero-order valence-corrected chi connectivity index (χ0v) is 14.4. The maximum atomic E-state index is 6.07. The molecule has 0 saturated carbocycles. The van der Waals surface area contributed by atoms with Crippen molar-refractivity contribution < 1.29 is 4.74 Å². The number of aryl methyl sites for hydroxylation is 1. The van der Waals surface area contributed by atoms with Crippen LogP contribution in [0.25, 0.3) is 0 Å². The smallest absolute Gasteiger partial charge is 0.122 e. The second-order valence-electron chi connectivity index (χ2n) is 6.51. The molecule has 23 heavy (non-hydrogen) atoms. The minimum Gasteiger partial charge on any atom is -0.496 e. The van der Waals surface area contributed by atoms with Crippen LogP contribution in [0.15, 0.2) is 42.5 Å². The van der Waals surface area contributed by atoms with Gasteiger partial charge in [-0.05, 0) is 38.1 Å². The fraction of sp³-hybridized carbons (Fsp3) is 0.400. The van der Waals surface area contributed by atoms with Gasteiger partial charge >= 0.3 is 0 Å². The van der Waals surface area contributed by atoms with Crippen molar-refractivity contribution in [3.63, 3.8) is 0 Å². The van der Waals surface area contributed by atoms with Crippen molar-refractivity contribution in [2.45, 2.75) is 31.8 Å². The molecule has 0 amide bonds. The van der Waals surface area contributed by atoms with E-state index in [9.17, 15) is 0 Å². The summed E-state index contributed by atoms with van der Waals surface area (Å²) in [5, 5.41) is 0. The molecule has 0 spiro atoms. The zero-order chi connectivity index (χ0) is 16.6. The van der Waals surface area contributed by atoms with Crippen LogP contribution in [-0.4, -0.2) is 31.6 Å². The molecule has 0 fully saturated rings. The molecule has 3 rings (SSSR count). The lowest BCUT2D eigenvalue weighted by molar-refractivity contribution is 0.155. The minimum atomic E-state index is 0.272. The Morgan fingerprint density at radius 3 is 2.43 bits per heavy atom. The molecular weight excluding hydrogens is 284 g/mol. The van der Waals surface area contributed by atoms with E-state index < -0.39 is 0 Å². The highest BCUT2D eigenvalue weighted by molar-refractivity contribution is 5.49. The Labute approximate surface area is 139 Å². The van der Waals surface area contributed by atoms with Crippen molar-refractivity contribution in [3.8, 4) is 5.75 Å². The number of rotatable bonds is 3. The van der Waals surface area contributed by atoms with Gasteiger partial charge in [-0.15, -0.1) is 0 Å². The van der Waals surface area contributed by atoms with E-state index in [2.05, 4.69) is 68.3 Å². The lowest BCUT2D eigenvalue weighted by atomic mass is 9.76. The number of ether oxygens (including phenoxy) is 1. The number of fused-ring (bicyclic) bond motifs is 1. The summed E-state index contributed by atoms with van der Waals surface area (Å²) in [4.78, 5) is 2.40. The highest BCUT2D eigenvalue weighted by Crippen LogP contribution is 2.44. The Kier molecular flexibility index (Phi) is 4.42. The van der Waals surface area contributed by atoms with Crippen molar-refractivity contribution in [1.29, 1.82) is 0 Å². The lowest BCUT2D eigenvalue weighted by Crippen LogP contribution is -2.45. The van der Waals surface area contributed by atoms with Crippen LogP contribution in [-0.2, 0) is 0 Å². The van der Waals surface area contributed by atoms with E-state index in [4.69, 9.17) is 10.5 Å². The second-order valence-corrected chi connectivity index (χ2v) is 6.51. The largest absolute Gasteiger partial charge is 0.496 e. The van der Waals surface area contributed by atoms with Crippen LogP contribution < -0.4 is 10.5 Å². The normalized spacial score (nSPS) is 24.3. The predicted octanol–water partition coefficient (Wildman–Crippen LogP) is 3.47. The molecule has 3 heteroatoms. The molecule has 0 aliphatic carbocycles. The standard InChI is InChI=1S/C20H26N2O/c1-13-9-10-19(23-4)17(11-13)20-14(2)22(3)18(12-21)15-7-5-6-8-16(15)20/h5-11,14,18,20H,12,21H2,1-4H3. The Bertz CT molecular complexity index is 698. The van der Waals surface area contributed by atoms with E-state index >= 15 is 0 Å². The fourth-order valence-corrected chi connectivity index (χ4v) is 3.91. The second kappa shape index (κ2) is 6.34. The number of hydrogen-bond acceptors (Lipinski definition) is 3. The van der Waals surface area contributed by atoms with Crippen molar-refractivity contribution in [2.24, 2.45) is 5.73 Å². The molecule has 0 bridgehead atoms. The maximum Gasteiger partial charge on any atom is 0.122 e. The van der Waals surface area contributed by atoms with Crippen molar-refractivity contribution in [2.75, 3.05) is 20.7 Å². The van der Waals surface area contributed by atoms with Gasteiger partial charge in [-0.2, -0.15) is 0 Å². The van der Waals surface area contributed by atoms with Gasteiger partial charge in [0.2, 0.25) is 0 Å². The molecule has 0 saturated heterocycles. The van der Waals surface area contributed by atoms with Crippen LogP contribution >= 0.6 is 0 Å². The van der Waals surface area contributed by atoms with E-state index in [0.29, 0.717) is 12.6 Å². The number of nitrogens with zero attached hydrogens (tertiary/aromatic N) is 1. The summed E-state index contributed by atoms with van der Waals surface area (Å²) in [6.45, 7) is 5.05. The average molecular weight is 310 g/mol. The van der Waals surface area contributed by atoms with E-state index in [-0.39, 0.29) is 12.0 Å². The van der Waals surface area contributed by atoms with Crippen LogP contribution in [0.4, 0.5) is 0 Å². The number of nitrogens with two attached hydrogens (primary N) is 1. The first kappa shape index (κ1) is 16.0. The van der Waals surface area contributed by atoms with Gasteiger partial charge in [0.25, 0.3) is 0 Å². The van der Waals surface area contributed by atoms with Gasteiger partial charge in [0.1, 0.15) is 5.75 Å². The molecule has 3 atom stereocenters. The van der Waals surface area contributed by atoms with Gasteiger partial charge < -0.3 is 10.5 Å². The highest BCUT2D eigenvalue weighted by atomic mass is 16.5. The summed E-state index contributed by atoms with van der Waals surface area (Å²) in [5.74, 6) is 1.25. The summed E-state index contributed by atoms with van der Waals surface area (Å²) in [5.41, 5.74) is 11.3. The molecule has 3 nitrogen and oxygen atoms in total.